The Labute approximate surface area is 142 Å². The van der Waals surface area contributed by atoms with Crippen LogP contribution in [0, 0.1) is 22.7 Å². The average molecular weight is 334 g/mol. The van der Waals surface area contributed by atoms with Crippen LogP contribution in [0.2, 0.25) is 0 Å². The van der Waals surface area contributed by atoms with Crippen LogP contribution in [-0.2, 0) is 0 Å². The van der Waals surface area contributed by atoms with Gasteiger partial charge in [-0.15, -0.1) is 10.2 Å². The van der Waals surface area contributed by atoms with Crippen LogP contribution in [-0.4, -0.2) is 17.3 Å². The van der Waals surface area contributed by atoms with Gasteiger partial charge in [0.25, 0.3) is 5.22 Å². The van der Waals surface area contributed by atoms with E-state index in [0.29, 0.717) is 21.9 Å². The summed E-state index contributed by atoms with van der Waals surface area (Å²) in [4.78, 5) is 0.507. The van der Waals surface area contributed by atoms with Crippen molar-refractivity contribution in [3.63, 3.8) is 0 Å². The Hall–Kier alpha value is -3.29. The van der Waals surface area contributed by atoms with Gasteiger partial charge in [0, 0.05) is 5.56 Å². The van der Waals surface area contributed by atoms with E-state index in [4.69, 9.17) is 9.15 Å². The summed E-state index contributed by atoms with van der Waals surface area (Å²) >= 11 is 1.10. The molecule has 116 valence electrons. The lowest BCUT2D eigenvalue weighted by atomic mass is 10.1. The van der Waals surface area contributed by atoms with Gasteiger partial charge in [0.15, 0.2) is 0 Å². The number of ether oxygens (including phenoxy) is 1. The molecule has 7 heteroatoms. The summed E-state index contributed by atoms with van der Waals surface area (Å²) in [6, 6.07) is 16.3. The van der Waals surface area contributed by atoms with E-state index >= 15 is 0 Å². The lowest BCUT2D eigenvalue weighted by Gasteiger charge is -2.02. The molecule has 0 N–H and O–H groups in total. The summed E-state index contributed by atoms with van der Waals surface area (Å²) < 4.78 is 10.7. The van der Waals surface area contributed by atoms with E-state index in [-0.39, 0.29) is 5.22 Å². The summed E-state index contributed by atoms with van der Waals surface area (Å²) in [5.41, 5.74) is 1.54. The van der Waals surface area contributed by atoms with Gasteiger partial charge in [0.2, 0.25) is 5.89 Å². The molecular formula is C17H10N4O2S. The van der Waals surface area contributed by atoms with Crippen molar-refractivity contribution in [3.8, 4) is 29.3 Å². The molecule has 24 heavy (non-hydrogen) atoms. The van der Waals surface area contributed by atoms with Gasteiger partial charge >= 0.3 is 0 Å². The highest BCUT2D eigenvalue weighted by Gasteiger charge is 2.15. The Balaban J connectivity index is 1.90. The van der Waals surface area contributed by atoms with E-state index in [1.807, 2.05) is 12.1 Å². The molecule has 6 nitrogen and oxygen atoms in total. The first-order chi connectivity index (χ1) is 11.7. The van der Waals surface area contributed by atoms with Crippen LogP contribution in [0.15, 0.2) is 57.0 Å². The van der Waals surface area contributed by atoms with Gasteiger partial charge in [-0.2, -0.15) is 10.5 Å². The molecule has 0 bridgehead atoms. The number of nitriles is 2. The van der Waals surface area contributed by atoms with E-state index < -0.39 is 0 Å². The molecule has 1 heterocycles. The average Bonchev–Trinajstić information content (AvgIpc) is 3.10. The maximum absolute atomic E-state index is 9.20. The van der Waals surface area contributed by atoms with Crippen molar-refractivity contribution in [2.24, 2.45) is 0 Å². The van der Waals surface area contributed by atoms with Crippen LogP contribution >= 0.6 is 11.8 Å². The van der Waals surface area contributed by atoms with Crippen molar-refractivity contribution in [2.45, 2.75) is 10.1 Å². The van der Waals surface area contributed by atoms with Crippen molar-refractivity contribution < 1.29 is 9.15 Å². The first-order valence-corrected chi connectivity index (χ1v) is 7.66. The van der Waals surface area contributed by atoms with Crippen molar-refractivity contribution in [1.82, 2.24) is 10.2 Å². The Morgan fingerprint density at radius 3 is 2.25 bits per heavy atom. The molecule has 1 aromatic heterocycles. The van der Waals surface area contributed by atoms with Crippen LogP contribution in [0.1, 0.15) is 11.1 Å². The second-order valence-corrected chi connectivity index (χ2v) is 5.57. The van der Waals surface area contributed by atoms with Crippen LogP contribution in [0.5, 0.6) is 5.75 Å². The van der Waals surface area contributed by atoms with Crippen molar-refractivity contribution in [3.05, 3.63) is 53.6 Å². The molecule has 0 amide bonds. The topological polar surface area (TPSA) is 95.7 Å². The molecule has 3 aromatic rings. The molecule has 0 aliphatic rings. The van der Waals surface area contributed by atoms with E-state index in [0.717, 1.165) is 23.1 Å². The quantitative estimate of drug-likeness (QED) is 0.718. The van der Waals surface area contributed by atoms with Gasteiger partial charge in [0.1, 0.15) is 17.9 Å². The minimum absolute atomic E-state index is 0.264. The summed E-state index contributed by atoms with van der Waals surface area (Å²) in [6.07, 6.45) is 0. The maximum atomic E-state index is 9.20. The molecule has 0 aliphatic heterocycles. The van der Waals surface area contributed by atoms with E-state index in [1.165, 1.54) is 0 Å². The number of hydrogen-bond donors (Lipinski definition) is 0. The maximum Gasteiger partial charge on any atom is 0.281 e. The Morgan fingerprint density at radius 2 is 1.67 bits per heavy atom. The summed E-state index contributed by atoms with van der Waals surface area (Å²) in [5, 5.41) is 26.6. The van der Waals surface area contributed by atoms with E-state index in [9.17, 15) is 10.5 Å². The zero-order chi connectivity index (χ0) is 16.9. The van der Waals surface area contributed by atoms with Crippen LogP contribution < -0.4 is 4.74 Å². The zero-order valence-electron chi connectivity index (χ0n) is 12.6. The predicted molar refractivity (Wildman–Crippen MR) is 86.3 cm³/mol. The monoisotopic (exact) mass is 334 g/mol. The Bertz CT molecular complexity index is 920. The van der Waals surface area contributed by atoms with Gasteiger partial charge in [0.05, 0.1) is 23.1 Å². The minimum atomic E-state index is 0.264. The number of benzene rings is 2. The lowest BCUT2D eigenvalue weighted by Crippen LogP contribution is -1.87. The fourth-order valence-corrected chi connectivity index (χ4v) is 2.84. The van der Waals surface area contributed by atoms with E-state index in [2.05, 4.69) is 22.3 Å². The minimum Gasteiger partial charge on any atom is -0.497 e. The number of hydrogen-bond acceptors (Lipinski definition) is 7. The molecule has 0 radical (unpaired) electrons. The summed E-state index contributed by atoms with van der Waals surface area (Å²) in [7, 11) is 1.59. The molecule has 0 aliphatic carbocycles. The van der Waals surface area contributed by atoms with Crippen LogP contribution in [0.25, 0.3) is 11.5 Å². The molecule has 0 atom stereocenters. The van der Waals surface area contributed by atoms with Crippen molar-refractivity contribution in [1.29, 1.82) is 10.5 Å². The van der Waals surface area contributed by atoms with Gasteiger partial charge in [-0.25, -0.2) is 0 Å². The molecule has 3 rings (SSSR count). The number of methoxy groups -OCH3 is 1. The molecule has 0 spiro atoms. The molecule has 2 aromatic carbocycles. The number of aromatic nitrogens is 2. The fourth-order valence-electron chi connectivity index (χ4n) is 2.01. The van der Waals surface area contributed by atoms with E-state index in [1.54, 1.807) is 37.4 Å². The van der Waals surface area contributed by atoms with Gasteiger partial charge in [-0.1, -0.05) is 6.07 Å². The largest absolute Gasteiger partial charge is 0.497 e. The SMILES string of the molecule is COc1ccc(-c2nnc(Sc3c(C#N)cccc3C#N)o2)cc1. The van der Waals surface area contributed by atoms with Crippen LogP contribution in [0.4, 0.5) is 0 Å². The first-order valence-electron chi connectivity index (χ1n) is 6.84. The Morgan fingerprint density at radius 1 is 1.00 bits per heavy atom. The van der Waals surface area contributed by atoms with Crippen molar-refractivity contribution in [2.75, 3.05) is 7.11 Å². The third-order valence-corrected chi connectivity index (χ3v) is 4.17. The second kappa shape index (κ2) is 6.86. The highest BCUT2D eigenvalue weighted by Crippen LogP contribution is 2.33. The lowest BCUT2D eigenvalue weighted by molar-refractivity contribution is 0.414. The third kappa shape index (κ3) is 3.07. The predicted octanol–water partition coefficient (Wildman–Crippen LogP) is 3.64. The standard InChI is InChI=1S/C17H10N4O2S/c1-22-14-7-5-11(6-8-14)16-20-21-17(23-16)24-15-12(9-18)3-2-4-13(15)10-19/h2-8H,1H3. The van der Waals surface area contributed by atoms with Gasteiger partial charge in [-0.3, -0.25) is 0 Å². The smallest absolute Gasteiger partial charge is 0.281 e. The normalized spacial score (nSPS) is 9.96. The first kappa shape index (κ1) is 15.6. The van der Waals surface area contributed by atoms with Gasteiger partial charge in [-0.05, 0) is 48.2 Å². The zero-order valence-corrected chi connectivity index (χ0v) is 13.4. The molecule has 0 fully saturated rings. The second-order valence-electron chi connectivity index (χ2n) is 4.61. The van der Waals surface area contributed by atoms with Gasteiger partial charge < -0.3 is 9.15 Å². The molecule has 0 unspecified atom stereocenters. The molecule has 0 saturated carbocycles. The summed E-state index contributed by atoms with van der Waals surface area (Å²) in [5.74, 6) is 1.09. The highest BCUT2D eigenvalue weighted by molar-refractivity contribution is 7.99. The van der Waals surface area contributed by atoms with Crippen LogP contribution in [0.3, 0.4) is 0 Å². The number of nitrogens with zero attached hydrogens (tertiary/aromatic N) is 4. The van der Waals surface area contributed by atoms with Crippen molar-refractivity contribution >= 4 is 11.8 Å². The number of rotatable bonds is 4. The molecule has 0 saturated heterocycles. The third-order valence-electron chi connectivity index (χ3n) is 3.19. The summed E-state index contributed by atoms with van der Waals surface area (Å²) in [6.45, 7) is 0. The fraction of sp³-hybridized carbons (Fsp3) is 0.0588. The highest BCUT2D eigenvalue weighted by atomic mass is 32.2. The molecular weight excluding hydrogens is 324 g/mol. The Kier molecular flexibility index (Phi) is 4.46.